The molecule has 0 fully saturated rings. The molecule has 0 aliphatic heterocycles. The van der Waals surface area contributed by atoms with Gasteiger partial charge in [0.15, 0.2) is 0 Å². The second-order valence-electron chi connectivity index (χ2n) is 5.81. The predicted octanol–water partition coefficient (Wildman–Crippen LogP) is 3.68. The summed E-state index contributed by atoms with van der Waals surface area (Å²) in [6.45, 7) is 1.95. The van der Waals surface area contributed by atoms with Gasteiger partial charge in [-0.15, -0.1) is 0 Å². The van der Waals surface area contributed by atoms with E-state index in [1.165, 1.54) is 7.11 Å². The average molecular weight is 332 g/mol. The Kier molecular flexibility index (Phi) is 3.57. The Bertz CT molecular complexity index is 1100. The number of hydrogen-bond acceptors (Lipinski definition) is 4. The number of fused-ring (bicyclic) bond motifs is 2. The number of aromatic nitrogens is 3. The van der Waals surface area contributed by atoms with E-state index in [-0.39, 0.29) is 5.91 Å². The number of pyridine rings is 1. The Morgan fingerprint density at radius 2 is 2.04 bits per heavy atom. The molecule has 25 heavy (non-hydrogen) atoms. The largest absolute Gasteiger partial charge is 0.481 e. The van der Waals surface area contributed by atoms with Crippen LogP contribution in [0.5, 0.6) is 5.88 Å². The van der Waals surface area contributed by atoms with E-state index in [0.717, 1.165) is 27.5 Å². The average Bonchev–Trinajstić information content (AvgIpc) is 3.08. The fourth-order valence-corrected chi connectivity index (χ4v) is 2.87. The van der Waals surface area contributed by atoms with Crippen LogP contribution >= 0.6 is 0 Å². The van der Waals surface area contributed by atoms with Crippen LogP contribution in [-0.2, 0) is 0 Å². The molecule has 0 atom stereocenters. The van der Waals surface area contributed by atoms with Gasteiger partial charge in [0.05, 0.1) is 29.9 Å². The van der Waals surface area contributed by atoms with E-state index in [0.29, 0.717) is 17.0 Å². The molecule has 2 aromatic carbocycles. The molecule has 0 saturated carbocycles. The smallest absolute Gasteiger partial charge is 0.256 e. The van der Waals surface area contributed by atoms with E-state index in [2.05, 4.69) is 20.5 Å². The van der Waals surface area contributed by atoms with Crippen LogP contribution < -0.4 is 10.1 Å². The van der Waals surface area contributed by atoms with Gasteiger partial charge in [-0.05, 0) is 30.7 Å². The third kappa shape index (κ3) is 2.67. The molecule has 0 radical (unpaired) electrons. The zero-order valence-electron chi connectivity index (χ0n) is 13.8. The molecule has 2 heterocycles. The Labute approximate surface area is 143 Å². The number of carbonyl (C=O) groups is 1. The molecule has 4 aromatic rings. The molecule has 1 amide bonds. The maximum Gasteiger partial charge on any atom is 0.256 e. The Morgan fingerprint density at radius 3 is 2.88 bits per heavy atom. The van der Waals surface area contributed by atoms with E-state index >= 15 is 0 Å². The number of amides is 1. The number of anilines is 1. The topological polar surface area (TPSA) is 79.9 Å². The summed E-state index contributed by atoms with van der Waals surface area (Å²) in [7, 11) is 1.54. The summed E-state index contributed by atoms with van der Waals surface area (Å²) < 4.78 is 5.23. The lowest BCUT2D eigenvalue weighted by Crippen LogP contribution is -2.14. The number of para-hydroxylation sites is 1. The molecule has 6 nitrogen and oxygen atoms in total. The number of hydrogen-bond donors (Lipinski definition) is 2. The molecular formula is C19H16N4O2. The van der Waals surface area contributed by atoms with Crippen LogP contribution in [0.15, 0.2) is 48.7 Å². The van der Waals surface area contributed by atoms with Crippen molar-refractivity contribution in [1.82, 2.24) is 15.2 Å². The maximum atomic E-state index is 12.9. The van der Waals surface area contributed by atoms with Crippen molar-refractivity contribution in [3.05, 3.63) is 59.8 Å². The normalized spacial score (nSPS) is 11.0. The number of rotatable bonds is 3. The fourth-order valence-electron chi connectivity index (χ4n) is 2.87. The molecule has 0 aliphatic carbocycles. The SMILES string of the molecule is COc1cc(C(=O)Nc2cc3cn[nH]c3cc2C)c2ccccc2n1. The Balaban J connectivity index is 1.77. The Hall–Kier alpha value is -3.41. The minimum absolute atomic E-state index is 0.206. The first-order valence-corrected chi connectivity index (χ1v) is 7.84. The standard InChI is InChI=1S/C19H16N4O2/c1-11-7-17-12(10-20-23-17)8-16(11)22-19(24)14-9-18(25-2)21-15-6-4-3-5-13(14)15/h3-10H,1-2H3,(H,20,23)(H,22,24). The summed E-state index contributed by atoms with van der Waals surface area (Å²) in [4.78, 5) is 17.3. The molecular weight excluding hydrogens is 316 g/mol. The van der Waals surface area contributed by atoms with Crippen molar-refractivity contribution in [3.8, 4) is 5.88 Å². The Morgan fingerprint density at radius 1 is 1.20 bits per heavy atom. The predicted molar refractivity (Wildman–Crippen MR) is 97.1 cm³/mol. The van der Waals surface area contributed by atoms with Crippen LogP contribution in [0.2, 0.25) is 0 Å². The van der Waals surface area contributed by atoms with E-state index in [1.54, 1.807) is 12.3 Å². The minimum atomic E-state index is -0.206. The molecule has 124 valence electrons. The summed E-state index contributed by atoms with van der Waals surface area (Å²) in [5.41, 5.74) is 3.88. The maximum absolute atomic E-state index is 12.9. The van der Waals surface area contributed by atoms with Gasteiger partial charge in [-0.25, -0.2) is 4.98 Å². The van der Waals surface area contributed by atoms with Gasteiger partial charge in [0, 0.05) is 22.5 Å². The lowest BCUT2D eigenvalue weighted by Gasteiger charge is -2.11. The van der Waals surface area contributed by atoms with E-state index in [1.807, 2.05) is 43.3 Å². The number of benzene rings is 2. The number of aryl methyl sites for hydroxylation is 1. The third-order valence-electron chi connectivity index (χ3n) is 4.18. The molecule has 0 saturated heterocycles. The molecule has 2 N–H and O–H groups in total. The first kappa shape index (κ1) is 15.1. The van der Waals surface area contributed by atoms with Gasteiger partial charge in [-0.3, -0.25) is 9.89 Å². The highest BCUT2D eigenvalue weighted by Gasteiger charge is 2.15. The zero-order chi connectivity index (χ0) is 17.4. The highest BCUT2D eigenvalue weighted by Crippen LogP contribution is 2.25. The lowest BCUT2D eigenvalue weighted by atomic mass is 10.1. The third-order valence-corrected chi connectivity index (χ3v) is 4.18. The van der Waals surface area contributed by atoms with Gasteiger partial charge >= 0.3 is 0 Å². The van der Waals surface area contributed by atoms with Gasteiger partial charge in [0.1, 0.15) is 0 Å². The van der Waals surface area contributed by atoms with E-state index in [9.17, 15) is 4.79 Å². The second kappa shape index (κ2) is 5.90. The van der Waals surface area contributed by atoms with Crippen molar-refractivity contribution in [3.63, 3.8) is 0 Å². The molecule has 0 unspecified atom stereocenters. The van der Waals surface area contributed by atoms with Crippen LogP contribution in [0, 0.1) is 6.92 Å². The molecule has 6 heteroatoms. The van der Waals surface area contributed by atoms with Crippen LogP contribution in [0.4, 0.5) is 5.69 Å². The molecule has 0 spiro atoms. The van der Waals surface area contributed by atoms with Crippen molar-refractivity contribution in [2.45, 2.75) is 6.92 Å². The molecule has 0 aliphatic rings. The first-order chi connectivity index (χ1) is 12.2. The summed E-state index contributed by atoms with van der Waals surface area (Å²) in [5, 5.41) is 11.7. The highest BCUT2D eigenvalue weighted by atomic mass is 16.5. The van der Waals surface area contributed by atoms with E-state index < -0.39 is 0 Å². The number of nitrogens with one attached hydrogen (secondary N) is 2. The second-order valence-corrected chi connectivity index (χ2v) is 5.81. The number of ether oxygens (including phenoxy) is 1. The van der Waals surface area contributed by atoms with E-state index in [4.69, 9.17) is 4.74 Å². The monoisotopic (exact) mass is 332 g/mol. The van der Waals surface area contributed by atoms with Gasteiger partial charge in [0.25, 0.3) is 5.91 Å². The van der Waals surface area contributed by atoms with Crippen LogP contribution in [0.1, 0.15) is 15.9 Å². The van der Waals surface area contributed by atoms with Gasteiger partial charge < -0.3 is 10.1 Å². The van der Waals surface area contributed by atoms with Gasteiger partial charge in [0.2, 0.25) is 5.88 Å². The lowest BCUT2D eigenvalue weighted by molar-refractivity contribution is 0.102. The number of nitrogens with zero attached hydrogens (tertiary/aromatic N) is 2. The summed E-state index contributed by atoms with van der Waals surface area (Å²) >= 11 is 0. The summed E-state index contributed by atoms with van der Waals surface area (Å²) in [5.74, 6) is 0.203. The van der Waals surface area contributed by atoms with Crippen molar-refractivity contribution in [2.75, 3.05) is 12.4 Å². The van der Waals surface area contributed by atoms with Gasteiger partial charge in [-0.1, -0.05) is 18.2 Å². The highest BCUT2D eigenvalue weighted by molar-refractivity contribution is 6.13. The van der Waals surface area contributed by atoms with Crippen molar-refractivity contribution in [1.29, 1.82) is 0 Å². The summed E-state index contributed by atoms with van der Waals surface area (Å²) in [6, 6.07) is 13.0. The van der Waals surface area contributed by atoms with Crippen LogP contribution in [0.25, 0.3) is 21.8 Å². The molecule has 0 bridgehead atoms. The van der Waals surface area contributed by atoms with Crippen molar-refractivity contribution in [2.24, 2.45) is 0 Å². The van der Waals surface area contributed by atoms with Crippen molar-refractivity contribution < 1.29 is 9.53 Å². The quantitative estimate of drug-likeness (QED) is 0.600. The molecule has 2 aromatic heterocycles. The number of carbonyl (C=O) groups excluding carboxylic acids is 1. The number of aromatic amines is 1. The number of methoxy groups -OCH3 is 1. The first-order valence-electron chi connectivity index (χ1n) is 7.84. The van der Waals surface area contributed by atoms with Crippen LogP contribution in [-0.4, -0.2) is 28.2 Å². The number of H-pyrrole nitrogens is 1. The summed E-state index contributed by atoms with van der Waals surface area (Å²) in [6.07, 6.45) is 1.73. The molecule has 4 rings (SSSR count). The zero-order valence-corrected chi connectivity index (χ0v) is 13.8. The van der Waals surface area contributed by atoms with Gasteiger partial charge in [-0.2, -0.15) is 5.10 Å². The van der Waals surface area contributed by atoms with Crippen LogP contribution in [0.3, 0.4) is 0 Å². The fraction of sp³-hybridized carbons (Fsp3) is 0.105. The minimum Gasteiger partial charge on any atom is -0.481 e. The van der Waals surface area contributed by atoms with Crippen molar-refractivity contribution >= 4 is 33.4 Å².